The number of thioether (sulfide) groups is 1. The Labute approximate surface area is 142 Å². The van der Waals surface area contributed by atoms with Gasteiger partial charge < -0.3 is 4.74 Å². The van der Waals surface area contributed by atoms with Crippen LogP contribution in [0.5, 0.6) is 0 Å². The lowest BCUT2D eigenvalue weighted by molar-refractivity contribution is 0.0457. The molecule has 2 aromatic heterocycles. The Morgan fingerprint density at radius 3 is 2.67 bits per heavy atom. The summed E-state index contributed by atoms with van der Waals surface area (Å²) in [6.07, 6.45) is 4.94. The fraction of sp³-hybridized carbons (Fsp3) is 0.118. The van der Waals surface area contributed by atoms with E-state index in [4.69, 9.17) is 4.74 Å². The van der Waals surface area contributed by atoms with Crippen LogP contribution in [0.2, 0.25) is 0 Å². The topological polar surface area (TPSA) is 57.0 Å². The highest BCUT2D eigenvalue weighted by molar-refractivity contribution is 7.98. The lowest BCUT2D eigenvalue weighted by Crippen LogP contribution is -2.12. The molecule has 24 heavy (non-hydrogen) atoms. The van der Waals surface area contributed by atoms with Gasteiger partial charge in [0.2, 0.25) is 0 Å². The fourth-order valence-corrected chi connectivity index (χ4v) is 2.70. The number of esters is 1. The highest BCUT2D eigenvalue weighted by atomic mass is 32.2. The van der Waals surface area contributed by atoms with Gasteiger partial charge in [0, 0.05) is 11.9 Å². The number of hydrogen-bond acceptors (Lipinski definition) is 5. The van der Waals surface area contributed by atoms with Gasteiger partial charge in [-0.25, -0.2) is 14.2 Å². The Kier molecular flexibility index (Phi) is 4.90. The van der Waals surface area contributed by atoms with Gasteiger partial charge in [0.15, 0.2) is 10.9 Å². The number of nitrogens with zero attached hydrogens (tertiary/aromatic N) is 3. The van der Waals surface area contributed by atoms with Crippen molar-refractivity contribution in [3.63, 3.8) is 0 Å². The van der Waals surface area contributed by atoms with E-state index in [1.807, 2.05) is 12.3 Å². The van der Waals surface area contributed by atoms with E-state index in [1.165, 1.54) is 30.1 Å². The van der Waals surface area contributed by atoms with E-state index >= 15 is 0 Å². The van der Waals surface area contributed by atoms with Crippen molar-refractivity contribution in [2.24, 2.45) is 0 Å². The monoisotopic (exact) mass is 343 g/mol. The minimum absolute atomic E-state index is 0.0723. The first-order valence-corrected chi connectivity index (χ1v) is 8.36. The number of ether oxygens (including phenoxy) is 1. The number of aromatic nitrogens is 3. The number of carbonyl (C=O) groups excluding carboxylic acids is 1. The Hall–Kier alpha value is -2.67. The first-order valence-electron chi connectivity index (χ1n) is 7.13. The smallest absolute Gasteiger partial charge is 0.357 e. The first kappa shape index (κ1) is 16.2. The normalized spacial score (nSPS) is 10.6. The SMILES string of the molecule is CSc1ncc(C(=O)OCc2ccccn2)n1-c1ccc(F)cc1. The number of pyridine rings is 1. The summed E-state index contributed by atoms with van der Waals surface area (Å²) in [5.41, 5.74) is 1.58. The van der Waals surface area contributed by atoms with E-state index < -0.39 is 5.97 Å². The quantitative estimate of drug-likeness (QED) is 0.524. The van der Waals surface area contributed by atoms with Gasteiger partial charge in [-0.2, -0.15) is 0 Å². The minimum atomic E-state index is -0.516. The highest BCUT2D eigenvalue weighted by Gasteiger charge is 2.19. The van der Waals surface area contributed by atoms with Crippen molar-refractivity contribution in [2.45, 2.75) is 11.8 Å². The molecule has 3 aromatic rings. The fourth-order valence-electron chi connectivity index (χ4n) is 2.16. The molecule has 122 valence electrons. The van der Waals surface area contributed by atoms with Gasteiger partial charge in [-0.3, -0.25) is 9.55 Å². The molecule has 0 fully saturated rings. The molecule has 3 rings (SSSR count). The van der Waals surface area contributed by atoms with Crippen molar-refractivity contribution < 1.29 is 13.9 Å². The van der Waals surface area contributed by atoms with Crippen molar-refractivity contribution >= 4 is 17.7 Å². The average Bonchev–Trinajstić information content (AvgIpc) is 3.05. The van der Waals surface area contributed by atoms with Crippen LogP contribution >= 0.6 is 11.8 Å². The predicted octanol–water partition coefficient (Wildman–Crippen LogP) is 3.49. The van der Waals surface area contributed by atoms with Crippen LogP contribution in [0, 0.1) is 5.82 Å². The third-order valence-electron chi connectivity index (χ3n) is 3.28. The minimum Gasteiger partial charge on any atom is -0.454 e. The molecule has 0 unspecified atom stereocenters. The standard InChI is InChI=1S/C17H14FN3O2S/c1-24-17-20-10-15(21(17)14-7-5-12(18)6-8-14)16(22)23-11-13-4-2-3-9-19-13/h2-10H,11H2,1H3. The molecule has 5 nitrogen and oxygen atoms in total. The van der Waals surface area contributed by atoms with Crippen LogP contribution in [0.15, 0.2) is 60.0 Å². The largest absolute Gasteiger partial charge is 0.454 e. The van der Waals surface area contributed by atoms with Crippen LogP contribution in [0.1, 0.15) is 16.2 Å². The Balaban J connectivity index is 1.86. The number of imidazole rings is 1. The Morgan fingerprint density at radius 1 is 1.21 bits per heavy atom. The molecule has 0 N–H and O–H groups in total. The van der Waals surface area contributed by atoms with E-state index in [2.05, 4.69) is 9.97 Å². The van der Waals surface area contributed by atoms with Gasteiger partial charge in [-0.1, -0.05) is 17.8 Å². The second-order valence-corrected chi connectivity index (χ2v) is 5.61. The van der Waals surface area contributed by atoms with Gasteiger partial charge in [-0.15, -0.1) is 0 Å². The van der Waals surface area contributed by atoms with E-state index in [-0.39, 0.29) is 18.1 Å². The van der Waals surface area contributed by atoms with Crippen molar-refractivity contribution in [3.05, 3.63) is 72.1 Å². The zero-order valence-corrected chi connectivity index (χ0v) is 13.7. The van der Waals surface area contributed by atoms with Crippen molar-refractivity contribution in [3.8, 4) is 5.69 Å². The summed E-state index contributed by atoms with van der Waals surface area (Å²) < 4.78 is 20.1. The molecule has 0 spiro atoms. The summed E-state index contributed by atoms with van der Waals surface area (Å²) in [5.74, 6) is -0.860. The first-order chi connectivity index (χ1) is 11.7. The molecule has 0 saturated carbocycles. The maximum Gasteiger partial charge on any atom is 0.357 e. The molecular weight excluding hydrogens is 329 g/mol. The second kappa shape index (κ2) is 7.27. The summed E-state index contributed by atoms with van der Waals surface area (Å²) in [5, 5.41) is 0.617. The number of hydrogen-bond donors (Lipinski definition) is 0. The zero-order chi connectivity index (χ0) is 16.9. The lowest BCUT2D eigenvalue weighted by Gasteiger charge is -2.10. The molecule has 0 aliphatic rings. The maximum absolute atomic E-state index is 13.1. The molecule has 0 aliphatic heterocycles. The maximum atomic E-state index is 13.1. The second-order valence-electron chi connectivity index (χ2n) is 4.84. The molecule has 0 bridgehead atoms. The number of halogens is 1. The van der Waals surface area contributed by atoms with Gasteiger partial charge in [0.1, 0.15) is 12.4 Å². The lowest BCUT2D eigenvalue weighted by atomic mass is 10.3. The summed E-state index contributed by atoms with van der Waals surface area (Å²) in [6.45, 7) is 0.0723. The molecular formula is C17H14FN3O2S. The number of carbonyl (C=O) groups is 1. The Morgan fingerprint density at radius 2 is 2.00 bits per heavy atom. The van der Waals surface area contributed by atoms with Crippen LogP contribution in [-0.2, 0) is 11.3 Å². The molecule has 0 amide bonds. The van der Waals surface area contributed by atoms with E-state index in [0.29, 0.717) is 16.5 Å². The highest BCUT2D eigenvalue weighted by Crippen LogP contribution is 2.22. The van der Waals surface area contributed by atoms with Gasteiger partial charge in [0.25, 0.3) is 0 Å². The van der Waals surface area contributed by atoms with Crippen LogP contribution < -0.4 is 0 Å². The predicted molar refractivity (Wildman–Crippen MR) is 88.7 cm³/mol. The molecule has 1 aromatic carbocycles. The Bertz CT molecular complexity index is 835. The van der Waals surface area contributed by atoms with Crippen molar-refractivity contribution in [1.82, 2.24) is 14.5 Å². The van der Waals surface area contributed by atoms with Crippen LogP contribution in [-0.4, -0.2) is 26.8 Å². The molecule has 0 saturated heterocycles. The third-order valence-corrected chi connectivity index (χ3v) is 3.94. The van der Waals surface area contributed by atoms with Gasteiger partial charge >= 0.3 is 5.97 Å². The van der Waals surface area contributed by atoms with Crippen LogP contribution in [0.4, 0.5) is 4.39 Å². The summed E-state index contributed by atoms with van der Waals surface area (Å²) in [7, 11) is 0. The molecule has 0 radical (unpaired) electrons. The van der Waals surface area contributed by atoms with E-state index in [1.54, 1.807) is 35.0 Å². The van der Waals surface area contributed by atoms with Crippen LogP contribution in [0.3, 0.4) is 0 Å². The molecule has 2 heterocycles. The van der Waals surface area contributed by atoms with E-state index in [9.17, 15) is 9.18 Å². The average molecular weight is 343 g/mol. The zero-order valence-electron chi connectivity index (χ0n) is 12.8. The van der Waals surface area contributed by atoms with Crippen molar-refractivity contribution in [1.29, 1.82) is 0 Å². The molecule has 0 aliphatic carbocycles. The molecule has 0 atom stereocenters. The summed E-state index contributed by atoms with van der Waals surface area (Å²) in [4.78, 5) is 20.8. The summed E-state index contributed by atoms with van der Waals surface area (Å²) in [6, 6.07) is 11.2. The molecule has 7 heteroatoms. The summed E-state index contributed by atoms with van der Waals surface area (Å²) >= 11 is 1.39. The number of benzene rings is 1. The van der Waals surface area contributed by atoms with Gasteiger partial charge in [0.05, 0.1) is 11.9 Å². The third kappa shape index (κ3) is 3.46. The van der Waals surface area contributed by atoms with Gasteiger partial charge in [-0.05, 0) is 42.7 Å². The van der Waals surface area contributed by atoms with Crippen LogP contribution in [0.25, 0.3) is 5.69 Å². The number of rotatable bonds is 5. The van der Waals surface area contributed by atoms with E-state index in [0.717, 1.165) is 0 Å². The van der Waals surface area contributed by atoms with Crippen molar-refractivity contribution in [2.75, 3.05) is 6.26 Å².